The normalized spacial score (nSPS) is 13.4. The van der Waals surface area contributed by atoms with E-state index in [1.165, 1.54) is 0 Å². The monoisotopic (exact) mass is 323 g/mol. The number of hydrogen-bond acceptors (Lipinski definition) is 4. The van der Waals surface area contributed by atoms with Gasteiger partial charge in [0.1, 0.15) is 0 Å². The van der Waals surface area contributed by atoms with Crippen LogP contribution < -0.4 is 11.3 Å². The Balaban J connectivity index is 2.19. The number of rotatable bonds is 4. The van der Waals surface area contributed by atoms with E-state index >= 15 is 0 Å². The Hall–Kier alpha value is -0.940. The standard InChI is InChI=1S/C16H22ClN3S/c1-10-7-11(5-6-12(10)17)13(20-18)8-15-19-14(9-21-15)16(2,3)4/h5-7,9,13,20H,8,18H2,1-4H3. The molecule has 0 aliphatic carbocycles. The van der Waals surface area contributed by atoms with Gasteiger partial charge in [0.15, 0.2) is 0 Å². The van der Waals surface area contributed by atoms with Gasteiger partial charge in [-0.15, -0.1) is 11.3 Å². The molecule has 2 rings (SSSR count). The van der Waals surface area contributed by atoms with Crippen LogP contribution in [0.2, 0.25) is 5.02 Å². The zero-order valence-electron chi connectivity index (χ0n) is 12.9. The summed E-state index contributed by atoms with van der Waals surface area (Å²) in [7, 11) is 0. The molecule has 0 aliphatic rings. The minimum absolute atomic E-state index is 0.0416. The van der Waals surface area contributed by atoms with E-state index in [1.807, 2.05) is 19.1 Å². The molecular weight excluding hydrogens is 302 g/mol. The quantitative estimate of drug-likeness (QED) is 0.656. The van der Waals surface area contributed by atoms with Crippen LogP contribution in [0.3, 0.4) is 0 Å². The van der Waals surface area contributed by atoms with Crippen molar-refractivity contribution in [3.8, 4) is 0 Å². The molecule has 0 fully saturated rings. The molecule has 1 aromatic heterocycles. The highest BCUT2D eigenvalue weighted by molar-refractivity contribution is 7.09. The molecule has 1 heterocycles. The number of nitrogens with zero attached hydrogens (tertiary/aromatic N) is 1. The molecule has 0 bridgehead atoms. The fourth-order valence-corrected chi connectivity index (χ4v) is 3.27. The lowest BCUT2D eigenvalue weighted by molar-refractivity contribution is 0.541. The highest BCUT2D eigenvalue weighted by Gasteiger charge is 2.19. The van der Waals surface area contributed by atoms with Crippen LogP contribution in [0.5, 0.6) is 0 Å². The Bertz CT molecular complexity index is 616. The molecule has 0 saturated heterocycles. The molecule has 0 amide bonds. The Labute approximate surface area is 135 Å². The smallest absolute Gasteiger partial charge is 0.0948 e. The Morgan fingerprint density at radius 2 is 2.10 bits per heavy atom. The first kappa shape index (κ1) is 16.4. The third-order valence-corrected chi connectivity index (χ3v) is 4.78. The van der Waals surface area contributed by atoms with Crippen molar-refractivity contribution in [2.45, 2.75) is 45.6 Å². The number of thiazole rings is 1. The van der Waals surface area contributed by atoms with Crippen LogP contribution in [0.4, 0.5) is 0 Å². The number of aromatic nitrogens is 1. The number of nitrogens with two attached hydrogens (primary N) is 1. The first-order valence-electron chi connectivity index (χ1n) is 6.98. The lowest BCUT2D eigenvalue weighted by Crippen LogP contribution is -2.29. The molecule has 21 heavy (non-hydrogen) atoms. The van der Waals surface area contributed by atoms with E-state index in [0.717, 1.165) is 33.3 Å². The van der Waals surface area contributed by atoms with Crippen LogP contribution in [0.25, 0.3) is 0 Å². The van der Waals surface area contributed by atoms with E-state index in [2.05, 4.69) is 37.6 Å². The van der Waals surface area contributed by atoms with Gasteiger partial charge in [-0.3, -0.25) is 11.3 Å². The summed E-state index contributed by atoms with van der Waals surface area (Å²) in [6.45, 7) is 8.52. The van der Waals surface area contributed by atoms with Gasteiger partial charge in [-0.2, -0.15) is 0 Å². The summed E-state index contributed by atoms with van der Waals surface area (Å²) in [5.74, 6) is 5.73. The topological polar surface area (TPSA) is 50.9 Å². The number of nitrogens with one attached hydrogen (secondary N) is 1. The predicted molar refractivity (Wildman–Crippen MR) is 90.8 cm³/mol. The fraction of sp³-hybridized carbons (Fsp3) is 0.438. The van der Waals surface area contributed by atoms with E-state index in [-0.39, 0.29) is 11.5 Å². The summed E-state index contributed by atoms with van der Waals surface area (Å²) < 4.78 is 0. The molecular formula is C16H22ClN3S. The SMILES string of the molecule is Cc1cc(C(Cc2nc(C(C)(C)C)cs2)NN)ccc1Cl. The van der Waals surface area contributed by atoms with Crippen LogP contribution in [0.1, 0.15) is 48.6 Å². The summed E-state index contributed by atoms with van der Waals surface area (Å²) >= 11 is 7.77. The van der Waals surface area contributed by atoms with E-state index in [0.29, 0.717) is 0 Å². The number of aryl methyl sites for hydroxylation is 1. The second-order valence-corrected chi connectivity index (χ2v) is 7.66. The van der Waals surface area contributed by atoms with Gasteiger partial charge in [0.05, 0.1) is 16.7 Å². The van der Waals surface area contributed by atoms with E-state index in [9.17, 15) is 0 Å². The number of halogens is 1. The van der Waals surface area contributed by atoms with Crippen molar-refractivity contribution >= 4 is 22.9 Å². The number of benzene rings is 1. The second-order valence-electron chi connectivity index (χ2n) is 6.31. The average Bonchev–Trinajstić information content (AvgIpc) is 2.88. The van der Waals surface area contributed by atoms with E-state index < -0.39 is 0 Å². The summed E-state index contributed by atoms with van der Waals surface area (Å²) in [4.78, 5) is 4.73. The van der Waals surface area contributed by atoms with Gasteiger partial charge in [-0.1, -0.05) is 44.5 Å². The highest BCUT2D eigenvalue weighted by Crippen LogP contribution is 2.27. The third kappa shape index (κ3) is 4.04. The van der Waals surface area contributed by atoms with Crippen molar-refractivity contribution < 1.29 is 0 Å². The Morgan fingerprint density at radius 3 is 2.62 bits per heavy atom. The molecule has 1 atom stereocenters. The molecule has 3 N–H and O–H groups in total. The minimum atomic E-state index is 0.0416. The van der Waals surface area contributed by atoms with Crippen LogP contribution in [-0.2, 0) is 11.8 Å². The van der Waals surface area contributed by atoms with Crippen LogP contribution in [0.15, 0.2) is 23.6 Å². The van der Waals surface area contributed by atoms with Crippen LogP contribution in [0, 0.1) is 6.92 Å². The summed E-state index contributed by atoms with van der Waals surface area (Å²) in [5.41, 5.74) is 6.29. The van der Waals surface area contributed by atoms with Gasteiger partial charge < -0.3 is 0 Å². The van der Waals surface area contributed by atoms with Crippen molar-refractivity contribution in [2.24, 2.45) is 5.84 Å². The Kier molecular flexibility index (Phi) is 5.04. The second kappa shape index (κ2) is 6.44. The molecule has 0 saturated carbocycles. The number of hydrazine groups is 1. The maximum atomic E-state index is 6.08. The highest BCUT2D eigenvalue weighted by atomic mass is 35.5. The molecule has 3 nitrogen and oxygen atoms in total. The van der Waals surface area contributed by atoms with Gasteiger partial charge in [-0.25, -0.2) is 4.98 Å². The molecule has 0 spiro atoms. The van der Waals surface area contributed by atoms with Crippen molar-refractivity contribution in [3.05, 3.63) is 50.4 Å². The predicted octanol–water partition coefficient (Wildman–Crippen LogP) is 4.15. The lowest BCUT2D eigenvalue weighted by Gasteiger charge is -2.17. The molecule has 0 radical (unpaired) electrons. The molecule has 2 aromatic rings. The molecule has 0 aliphatic heterocycles. The first-order chi connectivity index (χ1) is 9.81. The molecule has 1 unspecified atom stereocenters. The summed E-state index contributed by atoms with van der Waals surface area (Å²) in [6.07, 6.45) is 0.776. The number of hydrogen-bond donors (Lipinski definition) is 2. The minimum Gasteiger partial charge on any atom is -0.271 e. The van der Waals surface area contributed by atoms with Crippen molar-refractivity contribution in [1.29, 1.82) is 0 Å². The lowest BCUT2D eigenvalue weighted by atomic mass is 9.93. The van der Waals surface area contributed by atoms with Crippen LogP contribution >= 0.6 is 22.9 Å². The van der Waals surface area contributed by atoms with Crippen molar-refractivity contribution in [1.82, 2.24) is 10.4 Å². The van der Waals surface area contributed by atoms with Crippen LogP contribution in [-0.4, -0.2) is 4.98 Å². The summed E-state index contributed by atoms with van der Waals surface area (Å²) in [6, 6.07) is 6.04. The van der Waals surface area contributed by atoms with E-state index in [1.54, 1.807) is 11.3 Å². The largest absolute Gasteiger partial charge is 0.271 e. The van der Waals surface area contributed by atoms with Gasteiger partial charge in [-0.05, 0) is 24.1 Å². The van der Waals surface area contributed by atoms with Gasteiger partial charge in [0.25, 0.3) is 0 Å². The maximum Gasteiger partial charge on any atom is 0.0948 e. The van der Waals surface area contributed by atoms with Gasteiger partial charge in [0.2, 0.25) is 0 Å². The third-order valence-electron chi connectivity index (χ3n) is 3.48. The molecule has 5 heteroatoms. The fourth-order valence-electron chi connectivity index (χ4n) is 2.08. The van der Waals surface area contributed by atoms with Gasteiger partial charge in [0, 0.05) is 22.2 Å². The maximum absolute atomic E-state index is 6.08. The zero-order valence-corrected chi connectivity index (χ0v) is 14.5. The average molecular weight is 324 g/mol. The Morgan fingerprint density at radius 1 is 1.38 bits per heavy atom. The van der Waals surface area contributed by atoms with Crippen molar-refractivity contribution in [3.63, 3.8) is 0 Å². The zero-order chi connectivity index (χ0) is 15.6. The molecule has 1 aromatic carbocycles. The van der Waals surface area contributed by atoms with Gasteiger partial charge >= 0.3 is 0 Å². The summed E-state index contributed by atoms with van der Waals surface area (Å²) in [5, 5.41) is 4.00. The first-order valence-corrected chi connectivity index (χ1v) is 8.24. The van der Waals surface area contributed by atoms with Crippen molar-refractivity contribution in [2.75, 3.05) is 0 Å². The van der Waals surface area contributed by atoms with E-state index in [4.69, 9.17) is 22.4 Å². The molecule has 114 valence electrons.